The molecule has 0 aromatic heterocycles. The first-order valence-electron chi connectivity index (χ1n) is 7.16. The molecule has 0 radical (unpaired) electrons. The molecule has 2 rings (SSSR count). The summed E-state index contributed by atoms with van der Waals surface area (Å²) in [6.45, 7) is 2.83. The van der Waals surface area contributed by atoms with Crippen molar-refractivity contribution < 1.29 is 4.74 Å². The molecule has 1 unspecified atom stereocenters. The molecule has 100 valence electrons. The maximum atomic E-state index is 5.09. The minimum Gasteiger partial charge on any atom is -0.383 e. The molecule has 1 aromatic carbocycles. The highest BCUT2D eigenvalue weighted by Gasteiger charge is 2.25. The highest BCUT2D eigenvalue weighted by molar-refractivity contribution is 5.21. The molecule has 2 nitrogen and oxygen atoms in total. The van der Waals surface area contributed by atoms with E-state index < -0.39 is 0 Å². The van der Waals surface area contributed by atoms with Crippen LogP contribution in [0.15, 0.2) is 30.3 Å². The van der Waals surface area contributed by atoms with Crippen LogP contribution < -0.4 is 5.32 Å². The highest BCUT2D eigenvalue weighted by Crippen LogP contribution is 2.36. The largest absolute Gasteiger partial charge is 0.383 e. The molecule has 0 heterocycles. The van der Waals surface area contributed by atoms with E-state index in [-0.39, 0.29) is 0 Å². The molecule has 18 heavy (non-hydrogen) atoms. The number of nitrogens with one attached hydrogen (secondary N) is 1. The van der Waals surface area contributed by atoms with Crippen molar-refractivity contribution in [3.05, 3.63) is 35.9 Å². The van der Waals surface area contributed by atoms with Gasteiger partial charge in [0.05, 0.1) is 6.61 Å². The Balaban J connectivity index is 1.94. The van der Waals surface area contributed by atoms with Crippen LogP contribution in [0.5, 0.6) is 0 Å². The Bertz CT molecular complexity index is 319. The number of ether oxygens (including phenoxy) is 1. The summed E-state index contributed by atoms with van der Waals surface area (Å²) < 4.78 is 5.09. The van der Waals surface area contributed by atoms with Gasteiger partial charge in [-0.15, -0.1) is 0 Å². The van der Waals surface area contributed by atoms with E-state index in [1.54, 1.807) is 7.11 Å². The average molecular weight is 247 g/mol. The summed E-state index contributed by atoms with van der Waals surface area (Å²) in [5.41, 5.74) is 1.49. The molecule has 0 bridgehead atoms. The Morgan fingerprint density at radius 1 is 1.22 bits per heavy atom. The Hall–Kier alpha value is -0.860. The van der Waals surface area contributed by atoms with E-state index in [0.29, 0.717) is 5.92 Å². The fourth-order valence-electron chi connectivity index (χ4n) is 3.05. The van der Waals surface area contributed by atoms with Crippen LogP contribution >= 0.6 is 0 Å². The zero-order valence-corrected chi connectivity index (χ0v) is 11.4. The van der Waals surface area contributed by atoms with Gasteiger partial charge in [0.15, 0.2) is 0 Å². The second-order valence-corrected chi connectivity index (χ2v) is 5.26. The van der Waals surface area contributed by atoms with Crippen molar-refractivity contribution in [2.75, 3.05) is 26.8 Å². The van der Waals surface area contributed by atoms with Crippen LogP contribution in [0.2, 0.25) is 0 Å². The highest BCUT2D eigenvalue weighted by atomic mass is 16.5. The number of hydrogen-bond acceptors (Lipinski definition) is 2. The Kier molecular flexibility index (Phi) is 5.69. The SMILES string of the molecule is COCCNCC(c1ccccc1)C1CCCC1. The summed E-state index contributed by atoms with van der Waals surface area (Å²) in [5.74, 6) is 1.54. The van der Waals surface area contributed by atoms with Crippen LogP contribution in [-0.4, -0.2) is 26.8 Å². The van der Waals surface area contributed by atoms with Gasteiger partial charge < -0.3 is 10.1 Å². The van der Waals surface area contributed by atoms with E-state index in [1.165, 1.54) is 31.2 Å². The normalized spacial score (nSPS) is 18.1. The molecule has 1 aliphatic rings. The van der Waals surface area contributed by atoms with Crippen molar-refractivity contribution >= 4 is 0 Å². The second kappa shape index (κ2) is 7.55. The first-order valence-corrected chi connectivity index (χ1v) is 7.16. The summed E-state index contributed by atoms with van der Waals surface area (Å²) in [4.78, 5) is 0. The predicted molar refractivity (Wildman–Crippen MR) is 75.9 cm³/mol. The first kappa shape index (κ1) is 13.6. The molecule has 1 aliphatic carbocycles. The third kappa shape index (κ3) is 3.82. The lowest BCUT2D eigenvalue weighted by molar-refractivity contribution is 0.198. The van der Waals surface area contributed by atoms with Crippen molar-refractivity contribution in [1.82, 2.24) is 5.32 Å². The third-order valence-electron chi connectivity index (χ3n) is 4.04. The van der Waals surface area contributed by atoms with Gasteiger partial charge in [-0.2, -0.15) is 0 Å². The molecular formula is C16H25NO. The van der Waals surface area contributed by atoms with E-state index >= 15 is 0 Å². The quantitative estimate of drug-likeness (QED) is 0.747. The van der Waals surface area contributed by atoms with Crippen LogP contribution in [0.3, 0.4) is 0 Å². The second-order valence-electron chi connectivity index (χ2n) is 5.26. The van der Waals surface area contributed by atoms with Crippen molar-refractivity contribution in [1.29, 1.82) is 0 Å². The standard InChI is InChI=1S/C16H25NO/c1-18-12-11-17-13-16(15-9-5-6-10-15)14-7-3-2-4-8-14/h2-4,7-8,15-17H,5-6,9-13H2,1H3. The van der Waals surface area contributed by atoms with Gasteiger partial charge in [0.1, 0.15) is 0 Å². The number of methoxy groups -OCH3 is 1. The van der Waals surface area contributed by atoms with Crippen LogP contribution in [-0.2, 0) is 4.74 Å². The predicted octanol–water partition coefficient (Wildman–Crippen LogP) is 3.20. The minimum absolute atomic E-state index is 0.672. The molecule has 1 fully saturated rings. The molecule has 1 saturated carbocycles. The molecule has 2 heteroatoms. The van der Waals surface area contributed by atoms with Crippen molar-refractivity contribution in [2.24, 2.45) is 5.92 Å². The average Bonchev–Trinajstić information content (AvgIpc) is 2.94. The molecular weight excluding hydrogens is 222 g/mol. The van der Waals surface area contributed by atoms with Crippen molar-refractivity contribution in [3.8, 4) is 0 Å². The van der Waals surface area contributed by atoms with Crippen LogP contribution in [0.25, 0.3) is 0 Å². The van der Waals surface area contributed by atoms with Crippen LogP contribution in [0.4, 0.5) is 0 Å². The van der Waals surface area contributed by atoms with E-state index in [9.17, 15) is 0 Å². The lowest BCUT2D eigenvalue weighted by Crippen LogP contribution is -2.28. The van der Waals surface area contributed by atoms with E-state index in [1.807, 2.05) is 0 Å². The molecule has 1 atom stereocenters. The molecule has 1 aromatic rings. The van der Waals surface area contributed by atoms with Gasteiger partial charge in [0, 0.05) is 20.2 Å². The fourth-order valence-corrected chi connectivity index (χ4v) is 3.05. The molecule has 1 N–H and O–H groups in total. The summed E-state index contributed by atoms with van der Waals surface area (Å²) >= 11 is 0. The Morgan fingerprint density at radius 2 is 1.94 bits per heavy atom. The number of benzene rings is 1. The van der Waals surface area contributed by atoms with Gasteiger partial charge in [-0.1, -0.05) is 43.2 Å². The van der Waals surface area contributed by atoms with Gasteiger partial charge >= 0.3 is 0 Å². The lowest BCUT2D eigenvalue weighted by Gasteiger charge is -2.24. The van der Waals surface area contributed by atoms with Crippen molar-refractivity contribution in [2.45, 2.75) is 31.6 Å². The summed E-state index contributed by atoms with van der Waals surface area (Å²) in [6.07, 6.45) is 5.61. The minimum atomic E-state index is 0.672. The first-order chi connectivity index (χ1) is 8.92. The smallest absolute Gasteiger partial charge is 0.0587 e. The summed E-state index contributed by atoms with van der Waals surface area (Å²) in [6, 6.07) is 11.0. The number of hydrogen-bond donors (Lipinski definition) is 1. The topological polar surface area (TPSA) is 21.3 Å². The Labute approximate surface area is 111 Å². The van der Waals surface area contributed by atoms with Crippen LogP contribution in [0.1, 0.15) is 37.2 Å². The summed E-state index contributed by atoms with van der Waals surface area (Å²) in [7, 11) is 1.76. The molecule has 0 amide bonds. The lowest BCUT2D eigenvalue weighted by atomic mass is 9.85. The van der Waals surface area contributed by atoms with E-state index in [4.69, 9.17) is 4.74 Å². The van der Waals surface area contributed by atoms with Gasteiger partial charge in [0.2, 0.25) is 0 Å². The van der Waals surface area contributed by atoms with E-state index in [2.05, 4.69) is 35.6 Å². The van der Waals surface area contributed by atoms with Gasteiger partial charge in [0.25, 0.3) is 0 Å². The zero-order valence-electron chi connectivity index (χ0n) is 11.4. The summed E-state index contributed by atoms with van der Waals surface area (Å²) in [5, 5.41) is 3.54. The molecule has 0 saturated heterocycles. The zero-order chi connectivity index (χ0) is 12.6. The third-order valence-corrected chi connectivity index (χ3v) is 4.04. The maximum absolute atomic E-state index is 5.09. The maximum Gasteiger partial charge on any atom is 0.0587 e. The molecule has 0 spiro atoms. The fraction of sp³-hybridized carbons (Fsp3) is 0.625. The number of rotatable bonds is 7. The van der Waals surface area contributed by atoms with E-state index in [0.717, 1.165) is 25.6 Å². The van der Waals surface area contributed by atoms with Gasteiger partial charge in [-0.25, -0.2) is 0 Å². The van der Waals surface area contributed by atoms with Gasteiger partial charge in [-0.05, 0) is 30.2 Å². The Morgan fingerprint density at radius 3 is 2.61 bits per heavy atom. The van der Waals surface area contributed by atoms with Crippen LogP contribution in [0, 0.1) is 5.92 Å². The monoisotopic (exact) mass is 247 g/mol. The van der Waals surface area contributed by atoms with Crippen molar-refractivity contribution in [3.63, 3.8) is 0 Å². The van der Waals surface area contributed by atoms with Gasteiger partial charge in [-0.3, -0.25) is 0 Å². The molecule has 0 aliphatic heterocycles.